The predicted molar refractivity (Wildman–Crippen MR) is 78.7 cm³/mol. The maximum Gasteiger partial charge on any atom is 0.201 e. The molecule has 104 valence electrons. The minimum atomic E-state index is -0.325. The van der Waals surface area contributed by atoms with Crippen LogP contribution in [-0.4, -0.2) is 19.1 Å². The second kappa shape index (κ2) is 4.90. The fraction of sp³-hybridized carbons (Fsp3) is 0.231. The van der Waals surface area contributed by atoms with E-state index in [4.69, 9.17) is 5.73 Å². The topological polar surface area (TPSA) is 61.7 Å². The molecule has 3 aromatic rings. The Morgan fingerprint density at radius 2 is 2.25 bits per heavy atom. The van der Waals surface area contributed by atoms with E-state index in [0.29, 0.717) is 28.0 Å². The van der Waals surface area contributed by atoms with Crippen LogP contribution < -0.4 is 5.73 Å². The van der Waals surface area contributed by atoms with Gasteiger partial charge < -0.3 is 14.9 Å². The van der Waals surface area contributed by atoms with Gasteiger partial charge in [-0.1, -0.05) is 0 Å². The number of nitrogens with zero attached hydrogens (tertiary/aromatic N) is 4. The number of imidazole rings is 2. The summed E-state index contributed by atoms with van der Waals surface area (Å²) >= 11 is 3.16. The van der Waals surface area contributed by atoms with Gasteiger partial charge >= 0.3 is 0 Å². The van der Waals surface area contributed by atoms with Gasteiger partial charge in [0.25, 0.3) is 0 Å². The molecular weight excluding hydrogens is 325 g/mol. The van der Waals surface area contributed by atoms with E-state index in [-0.39, 0.29) is 11.9 Å². The van der Waals surface area contributed by atoms with Crippen LogP contribution in [0.4, 0.5) is 10.3 Å². The molecule has 0 bridgehead atoms. The SMILES string of the molecule is CC(Cn1ccnc1)n1c(N)nc2cc(Br)c(F)cc21. The minimum Gasteiger partial charge on any atom is -0.369 e. The van der Waals surface area contributed by atoms with Crippen LogP contribution in [0.15, 0.2) is 35.3 Å². The Morgan fingerprint density at radius 1 is 1.45 bits per heavy atom. The Balaban J connectivity index is 2.06. The highest BCUT2D eigenvalue weighted by molar-refractivity contribution is 9.10. The zero-order valence-electron chi connectivity index (χ0n) is 10.8. The number of rotatable bonds is 3. The summed E-state index contributed by atoms with van der Waals surface area (Å²) in [6, 6.07) is 3.13. The van der Waals surface area contributed by atoms with E-state index in [0.717, 1.165) is 0 Å². The maximum atomic E-state index is 13.7. The molecule has 1 aromatic carbocycles. The van der Waals surface area contributed by atoms with Gasteiger partial charge in [-0.15, -0.1) is 0 Å². The van der Waals surface area contributed by atoms with Crippen LogP contribution in [-0.2, 0) is 6.54 Å². The Kier molecular flexibility index (Phi) is 3.21. The molecule has 1 unspecified atom stereocenters. The monoisotopic (exact) mass is 337 g/mol. The van der Waals surface area contributed by atoms with E-state index in [9.17, 15) is 4.39 Å². The van der Waals surface area contributed by atoms with Gasteiger partial charge in [-0.05, 0) is 28.9 Å². The van der Waals surface area contributed by atoms with Gasteiger partial charge in [0.1, 0.15) is 5.82 Å². The Bertz CT molecular complexity index is 750. The average molecular weight is 338 g/mol. The number of aromatic nitrogens is 4. The van der Waals surface area contributed by atoms with Gasteiger partial charge in [-0.3, -0.25) is 0 Å². The normalized spacial score (nSPS) is 12.9. The maximum absolute atomic E-state index is 13.7. The van der Waals surface area contributed by atoms with Crippen molar-refractivity contribution in [2.24, 2.45) is 0 Å². The number of anilines is 1. The molecule has 5 nitrogen and oxygen atoms in total. The predicted octanol–water partition coefficient (Wildman–Crippen LogP) is 2.98. The van der Waals surface area contributed by atoms with Gasteiger partial charge in [0.05, 0.1) is 27.9 Å². The molecule has 20 heavy (non-hydrogen) atoms. The molecule has 0 aliphatic rings. The molecule has 1 atom stereocenters. The van der Waals surface area contributed by atoms with Crippen LogP contribution in [0.25, 0.3) is 11.0 Å². The van der Waals surface area contributed by atoms with Gasteiger partial charge in [0, 0.05) is 25.0 Å². The zero-order valence-corrected chi connectivity index (χ0v) is 12.4. The highest BCUT2D eigenvalue weighted by atomic mass is 79.9. The third-order valence-electron chi connectivity index (χ3n) is 3.23. The van der Waals surface area contributed by atoms with Crippen molar-refractivity contribution in [3.05, 3.63) is 41.1 Å². The molecule has 0 fully saturated rings. The fourth-order valence-electron chi connectivity index (χ4n) is 2.35. The lowest BCUT2D eigenvalue weighted by molar-refractivity contribution is 0.478. The van der Waals surface area contributed by atoms with Crippen molar-refractivity contribution in [1.82, 2.24) is 19.1 Å². The van der Waals surface area contributed by atoms with Crippen LogP contribution >= 0.6 is 15.9 Å². The van der Waals surface area contributed by atoms with Crippen LogP contribution in [0.1, 0.15) is 13.0 Å². The molecule has 0 aliphatic carbocycles. The number of fused-ring (bicyclic) bond motifs is 1. The summed E-state index contributed by atoms with van der Waals surface area (Å²) in [7, 11) is 0. The van der Waals surface area contributed by atoms with Crippen molar-refractivity contribution in [2.45, 2.75) is 19.5 Å². The summed E-state index contributed by atoms with van der Waals surface area (Å²) in [5.74, 6) is 0.0543. The summed E-state index contributed by atoms with van der Waals surface area (Å²) in [6.45, 7) is 2.70. The molecular formula is C13H13BrFN5. The molecule has 0 radical (unpaired) electrons. The van der Waals surface area contributed by atoms with Gasteiger partial charge in [0.15, 0.2) is 0 Å². The molecule has 3 rings (SSSR count). The van der Waals surface area contributed by atoms with Crippen molar-refractivity contribution >= 4 is 32.9 Å². The zero-order chi connectivity index (χ0) is 14.3. The molecule has 2 N–H and O–H groups in total. The van der Waals surface area contributed by atoms with Crippen LogP contribution in [0.3, 0.4) is 0 Å². The van der Waals surface area contributed by atoms with Gasteiger partial charge in [0.2, 0.25) is 5.95 Å². The van der Waals surface area contributed by atoms with E-state index >= 15 is 0 Å². The Morgan fingerprint density at radius 3 is 2.95 bits per heavy atom. The first-order valence-corrected chi connectivity index (χ1v) is 6.93. The average Bonchev–Trinajstić information content (AvgIpc) is 2.97. The van der Waals surface area contributed by atoms with Gasteiger partial charge in [-0.25, -0.2) is 14.4 Å². The Labute approximate surface area is 123 Å². The third-order valence-corrected chi connectivity index (χ3v) is 3.84. The standard InChI is InChI=1S/C13H13BrFN5/c1-8(6-19-3-2-17-7-19)20-12-5-10(15)9(14)4-11(12)18-13(20)16/h2-5,7-8H,6H2,1H3,(H2,16,18). The van der Waals surface area contributed by atoms with Crippen molar-refractivity contribution in [2.75, 3.05) is 5.73 Å². The molecule has 0 aliphatic heterocycles. The summed E-state index contributed by atoms with van der Waals surface area (Å²) in [6.07, 6.45) is 5.34. The number of hydrogen-bond donors (Lipinski definition) is 1. The summed E-state index contributed by atoms with van der Waals surface area (Å²) in [4.78, 5) is 8.29. The first-order chi connectivity index (χ1) is 9.56. The van der Waals surface area contributed by atoms with E-state index in [1.54, 1.807) is 18.6 Å². The number of benzene rings is 1. The van der Waals surface area contributed by atoms with Crippen LogP contribution in [0, 0.1) is 5.82 Å². The van der Waals surface area contributed by atoms with E-state index in [1.807, 2.05) is 22.3 Å². The molecule has 0 saturated heterocycles. The molecule has 0 spiro atoms. The smallest absolute Gasteiger partial charge is 0.201 e. The number of nitrogens with two attached hydrogens (primary N) is 1. The van der Waals surface area contributed by atoms with Crippen LogP contribution in [0.5, 0.6) is 0 Å². The second-order valence-corrected chi connectivity index (χ2v) is 5.56. The number of nitrogen functional groups attached to an aromatic ring is 1. The first-order valence-electron chi connectivity index (χ1n) is 6.14. The lowest BCUT2D eigenvalue weighted by atomic mass is 10.2. The van der Waals surface area contributed by atoms with Gasteiger partial charge in [-0.2, -0.15) is 0 Å². The van der Waals surface area contributed by atoms with Crippen LogP contribution in [0.2, 0.25) is 0 Å². The van der Waals surface area contributed by atoms with Crippen molar-refractivity contribution in [3.63, 3.8) is 0 Å². The van der Waals surface area contributed by atoms with E-state index < -0.39 is 0 Å². The second-order valence-electron chi connectivity index (χ2n) is 4.70. The summed E-state index contributed by atoms with van der Waals surface area (Å²) in [5.41, 5.74) is 7.34. The fourth-order valence-corrected chi connectivity index (χ4v) is 2.69. The highest BCUT2D eigenvalue weighted by Crippen LogP contribution is 2.28. The van der Waals surface area contributed by atoms with Crippen molar-refractivity contribution in [1.29, 1.82) is 0 Å². The van der Waals surface area contributed by atoms with E-state index in [1.165, 1.54) is 6.07 Å². The lowest BCUT2D eigenvalue weighted by Crippen LogP contribution is -2.14. The quantitative estimate of drug-likeness (QED) is 0.799. The molecule has 7 heteroatoms. The minimum absolute atomic E-state index is 0.0368. The van der Waals surface area contributed by atoms with Crippen molar-refractivity contribution in [3.8, 4) is 0 Å². The first kappa shape index (κ1) is 13.1. The van der Waals surface area contributed by atoms with Crippen molar-refractivity contribution < 1.29 is 4.39 Å². The highest BCUT2D eigenvalue weighted by Gasteiger charge is 2.16. The summed E-state index contributed by atoms with van der Waals surface area (Å²) < 4.78 is 17.9. The largest absolute Gasteiger partial charge is 0.369 e. The molecule has 2 heterocycles. The summed E-state index contributed by atoms with van der Waals surface area (Å²) in [5, 5.41) is 0. The Hall–Kier alpha value is -1.89. The molecule has 2 aromatic heterocycles. The molecule has 0 saturated carbocycles. The number of halogens is 2. The third kappa shape index (κ3) is 2.18. The lowest BCUT2D eigenvalue weighted by Gasteiger charge is -2.16. The molecule has 0 amide bonds. The number of hydrogen-bond acceptors (Lipinski definition) is 3. The van der Waals surface area contributed by atoms with E-state index in [2.05, 4.69) is 25.9 Å².